The summed E-state index contributed by atoms with van der Waals surface area (Å²) in [5.74, 6) is 0. The van der Waals surface area contributed by atoms with Crippen LogP contribution in [0.2, 0.25) is 0 Å². The Kier molecular flexibility index (Phi) is 3.34. The number of hydrogen-bond donors (Lipinski definition) is 0. The molecule has 0 atom stereocenters. The fourth-order valence-electron chi connectivity index (χ4n) is 2.36. The summed E-state index contributed by atoms with van der Waals surface area (Å²) < 4.78 is 29.2. The Labute approximate surface area is 126 Å². The van der Waals surface area contributed by atoms with Crippen molar-refractivity contribution < 1.29 is 23.0 Å². The predicted molar refractivity (Wildman–Crippen MR) is 80.9 cm³/mol. The normalized spacial score (nSPS) is 26.6. The molecule has 21 heavy (non-hydrogen) atoms. The van der Waals surface area contributed by atoms with Gasteiger partial charge < -0.3 is 23.0 Å². The van der Waals surface area contributed by atoms with Gasteiger partial charge in [-0.3, -0.25) is 0 Å². The molecule has 2 fully saturated rings. The fraction of sp³-hybridized carbons (Fsp3) is 0.714. The first-order valence-corrected chi connectivity index (χ1v) is 7.34. The molecular formula is C14H22B2O5. The van der Waals surface area contributed by atoms with Crippen molar-refractivity contribution in [2.24, 2.45) is 0 Å². The van der Waals surface area contributed by atoms with E-state index in [1.54, 1.807) is 0 Å². The van der Waals surface area contributed by atoms with Gasteiger partial charge in [-0.05, 0) is 53.7 Å². The smallest absolute Gasteiger partial charge is 0.473 e. The topological polar surface area (TPSA) is 50.1 Å². The Morgan fingerprint density at radius 2 is 1.33 bits per heavy atom. The summed E-state index contributed by atoms with van der Waals surface area (Å²) in [7, 11) is -0.964. The summed E-state index contributed by atoms with van der Waals surface area (Å²) in [5, 5.41) is 0. The van der Waals surface area contributed by atoms with Crippen LogP contribution in [0.15, 0.2) is 16.5 Å². The average molecular weight is 292 g/mol. The predicted octanol–water partition coefficient (Wildman–Crippen LogP) is 1.10. The van der Waals surface area contributed by atoms with E-state index in [0.29, 0.717) is 17.9 Å². The fourth-order valence-corrected chi connectivity index (χ4v) is 2.36. The summed E-state index contributed by atoms with van der Waals surface area (Å²) in [6.07, 6.45) is 0. The van der Waals surface area contributed by atoms with Crippen LogP contribution in [0.4, 0.5) is 0 Å². The van der Waals surface area contributed by atoms with E-state index < -0.39 is 14.2 Å². The molecule has 3 heterocycles. The maximum atomic E-state index is 5.97. The van der Waals surface area contributed by atoms with Crippen molar-refractivity contribution in [3.05, 3.63) is 12.1 Å². The van der Waals surface area contributed by atoms with E-state index in [1.807, 2.05) is 53.7 Å². The van der Waals surface area contributed by atoms with Crippen LogP contribution in [0.3, 0.4) is 0 Å². The van der Waals surface area contributed by atoms with Gasteiger partial charge in [-0.15, -0.1) is 0 Å². The summed E-state index contributed by atoms with van der Waals surface area (Å²) in [5.41, 5.74) is 0.230. The Bertz CT molecular complexity index is 521. The average Bonchev–Trinajstić information content (AvgIpc) is 2.97. The monoisotopic (exact) mass is 292 g/mol. The van der Waals surface area contributed by atoms with Gasteiger partial charge in [0.05, 0.1) is 23.4 Å². The highest BCUT2D eigenvalue weighted by Crippen LogP contribution is 2.36. The highest BCUT2D eigenvalue weighted by molar-refractivity contribution is 6.63. The summed E-state index contributed by atoms with van der Waals surface area (Å²) in [6.45, 7) is 12.6. The molecule has 0 spiro atoms. The third-order valence-corrected chi connectivity index (χ3v) is 4.37. The Morgan fingerprint density at radius 3 is 1.81 bits per heavy atom. The van der Waals surface area contributed by atoms with Crippen molar-refractivity contribution in [1.82, 2.24) is 0 Å². The second-order valence-electron chi connectivity index (χ2n) is 7.35. The second kappa shape index (κ2) is 4.62. The van der Waals surface area contributed by atoms with E-state index in [9.17, 15) is 0 Å². The zero-order chi connectivity index (χ0) is 15.5. The number of rotatable bonds is 2. The van der Waals surface area contributed by atoms with Crippen LogP contribution in [0.1, 0.15) is 41.5 Å². The highest BCUT2D eigenvalue weighted by atomic mass is 16.7. The zero-order valence-corrected chi connectivity index (χ0v) is 13.6. The van der Waals surface area contributed by atoms with E-state index in [4.69, 9.17) is 23.0 Å². The first-order valence-electron chi connectivity index (χ1n) is 7.34. The van der Waals surface area contributed by atoms with Crippen molar-refractivity contribution >= 4 is 25.6 Å². The van der Waals surface area contributed by atoms with Gasteiger partial charge in [0.1, 0.15) is 11.3 Å². The van der Waals surface area contributed by atoms with Crippen molar-refractivity contribution in [1.29, 1.82) is 0 Å². The van der Waals surface area contributed by atoms with Crippen LogP contribution < -0.4 is 11.3 Å². The summed E-state index contributed by atoms with van der Waals surface area (Å²) in [6, 6.07) is 3.71. The Balaban J connectivity index is 1.75. The molecule has 7 heteroatoms. The lowest BCUT2D eigenvalue weighted by Gasteiger charge is -2.32. The van der Waals surface area contributed by atoms with Gasteiger partial charge in [0.25, 0.3) is 0 Å². The maximum absolute atomic E-state index is 5.97. The molecule has 2 aliphatic heterocycles. The summed E-state index contributed by atoms with van der Waals surface area (Å²) >= 11 is 0. The van der Waals surface area contributed by atoms with Crippen LogP contribution in [0.25, 0.3) is 0 Å². The lowest BCUT2D eigenvalue weighted by atomic mass is 9.86. The molecule has 1 aromatic heterocycles. The molecular weight excluding hydrogens is 270 g/mol. The van der Waals surface area contributed by atoms with Gasteiger partial charge >= 0.3 is 14.2 Å². The first-order chi connectivity index (χ1) is 9.60. The van der Waals surface area contributed by atoms with Crippen LogP contribution in [-0.2, 0) is 18.6 Å². The number of hydrogen-bond acceptors (Lipinski definition) is 5. The molecule has 0 aliphatic carbocycles. The lowest BCUT2D eigenvalue weighted by molar-refractivity contribution is 0.00578. The molecule has 2 aliphatic rings. The molecule has 0 N–H and O–H groups in total. The van der Waals surface area contributed by atoms with Crippen molar-refractivity contribution in [2.75, 3.05) is 6.61 Å². The van der Waals surface area contributed by atoms with E-state index >= 15 is 0 Å². The van der Waals surface area contributed by atoms with Crippen molar-refractivity contribution in [3.8, 4) is 0 Å². The molecule has 0 amide bonds. The van der Waals surface area contributed by atoms with Gasteiger partial charge in [-0.2, -0.15) is 0 Å². The van der Waals surface area contributed by atoms with E-state index in [2.05, 4.69) is 0 Å². The van der Waals surface area contributed by atoms with Gasteiger partial charge in [0.2, 0.25) is 0 Å². The first kappa shape index (κ1) is 15.2. The third-order valence-electron chi connectivity index (χ3n) is 4.37. The van der Waals surface area contributed by atoms with Gasteiger partial charge in [-0.25, -0.2) is 0 Å². The molecule has 0 unspecified atom stereocenters. The lowest BCUT2D eigenvalue weighted by Crippen LogP contribution is -2.41. The molecule has 5 nitrogen and oxygen atoms in total. The summed E-state index contributed by atoms with van der Waals surface area (Å²) in [4.78, 5) is 0. The molecule has 1 aromatic rings. The molecule has 114 valence electrons. The molecule has 0 saturated carbocycles. The zero-order valence-electron chi connectivity index (χ0n) is 13.6. The molecule has 0 radical (unpaired) electrons. The van der Waals surface area contributed by atoms with Gasteiger partial charge in [0, 0.05) is 0 Å². The van der Waals surface area contributed by atoms with Crippen molar-refractivity contribution in [3.63, 3.8) is 0 Å². The van der Waals surface area contributed by atoms with Crippen LogP contribution in [0, 0.1) is 0 Å². The third kappa shape index (κ3) is 2.68. The molecule has 0 bridgehead atoms. The SMILES string of the molecule is CC1(C)COB(c2ccc(B3OC(C)(C)C(C)(C)O3)o2)O1. The van der Waals surface area contributed by atoms with Crippen LogP contribution in [-0.4, -0.2) is 37.6 Å². The standard InChI is InChI=1S/C14H22B2O5/c1-12(2)9-17-15(19-12)10-7-8-11(18-10)16-20-13(3,4)14(5,6)21-16/h7-8H,9H2,1-6H3. The molecule has 3 rings (SSSR count). The molecule has 2 saturated heterocycles. The second-order valence-corrected chi connectivity index (χ2v) is 7.35. The number of furan rings is 1. The van der Waals surface area contributed by atoms with E-state index in [0.717, 1.165) is 0 Å². The molecule has 0 aromatic carbocycles. The van der Waals surface area contributed by atoms with Crippen molar-refractivity contribution in [2.45, 2.75) is 58.3 Å². The van der Waals surface area contributed by atoms with Crippen LogP contribution in [0.5, 0.6) is 0 Å². The largest absolute Gasteiger partial charge is 0.532 e. The van der Waals surface area contributed by atoms with Crippen LogP contribution >= 0.6 is 0 Å². The minimum atomic E-state index is -0.502. The minimum absolute atomic E-state index is 0.290. The van der Waals surface area contributed by atoms with E-state index in [1.165, 1.54) is 0 Å². The minimum Gasteiger partial charge on any atom is -0.473 e. The van der Waals surface area contributed by atoms with Gasteiger partial charge in [-0.1, -0.05) is 0 Å². The highest BCUT2D eigenvalue weighted by Gasteiger charge is 2.53. The van der Waals surface area contributed by atoms with Gasteiger partial charge in [0.15, 0.2) is 0 Å². The van der Waals surface area contributed by atoms with E-state index in [-0.39, 0.29) is 16.8 Å². The maximum Gasteiger partial charge on any atom is 0.532 e. The Morgan fingerprint density at radius 1 is 0.810 bits per heavy atom. The Hall–Kier alpha value is -0.750. The quantitative estimate of drug-likeness (QED) is 0.764.